The SMILES string of the molecule is C=C(C)CC(C)(C)CC(C)(C)C.CC. The van der Waals surface area contributed by atoms with Gasteiger partial charge in [-0.05, 0) is 30.6 Å². The largest absolute Gasteiger partial charge is 0.100 e. The Hall–Kier alpha value is -0.260. The van der Waals surface area contributed by atoms with Gasteiger partial charge in [-0.1, -0.05) is 54.0 Å². The summed E-state index contributed by atoms with van der Waals surface area (Å²) in [5.74, 6) is 0. The highest BCUT2D eigenvalue weighted by Gasteiger charge is 2.24. The lowest BCUT2D eigenvalue weighted by Gasteiger charge is -2.32. The summed E-state index contributed by atoms with van der Waals surface area (Å²) < 4.78 is 0. The van der Waals surface area contributed by atoms with E-state index in [0.717, 1.165) is 6.42 Å². The van der Waals surface area contributed by atoms with Crippen molar-refractivity contribution in [1.82, 2.24) is 0 Å². The smallest absolute Gasteiger partial charge is 0.0274 e. The standard InChI is InChI=1S/C12H24.C2H6/c1-10(2)8-12(6,7)9-11(3,4)5;1-2/h1,8-9H2,2-7H3;1-2H3. The van der Waals surface area contributed by atoms with Gasteiger partial charge in [0, 0.05) is 0 Å². The molecule has 0 N–H and O–H groups in total. The zero-order valence-electron chi connectivity index (χ0n) is 11.6. The minimum atomic E-state index is 0.407. The predicted molar refractivity (Wildman–Crippen MR) is 68.6 cm³/mol. The van der Waals surface area contributed by atoms with Gasteiger partial charge in [-0.25, -0.2) is 0 Å². The summed E-state index contributed by atoms with van der Waals surface area (Å²) in [4.78, 5) is 0. The molecule has 0 saturated heterocycles. The van der Waals surface area contributed by atoms with Gasteiger partial charge >= 0.3 is 0 Å². The lowest BCUT2D eigenvalue weighted by Crippen LogP contribution is -2.20. The maximum atomic E-state index is 3.97. The van der Waals surface area contributed by atoms with E-state index in [2.05, 4.69) is 48.1 Å². The van der Waals surface area contributed by atoms with Crippen LogP contribution in [-0.2, 0) is 0 Å². The van der Waals surface area contributed by atoms with E-state index in [0.29, 0.717) is 10.8 Å². The van der Waals surface area contributed by atoms with Gasteiger partial charge in [0.25, 0.3) is 0 Å². The molecule has 0 heterocycles. The molecule has 0 unspecified atom stereocenters. The van der Waals surface area contributed by atoms with Crippen molar-refractivity contribution in [3.8, 4) is 0 Å². The first kappa shape index (κ1) is 16.2. The molecule has 0 aliphatic rings. The molecule has 0 spiro atoms. The Labute approximate surface area is 91.8 Å². The Kier molecular flexibility index (Phi) is 7.24. The average Bonchev–Trinajstić information content (AvgIpc) is 1.82. The van der Waals surface area contributed by atoms with Gasteiger partial charge in [0.2, 0.25) is 0 Å². The van der Waals surface area contributed by atoms with Gasteiger partial charge in [-0.3, -0.25) is 0 Å². The van der Waals surface area contributed by atoms with Gasteiger partial charge in [0.05, 0.1) is 0 Å². The highest BCUT2D eigenvalue weighted by atomic mass is 14.3. The van der Waals surface area contributed by atoms with E-state index in [-0.39, 0.29) is 0 Å². The zero-order valence-corrected chi connectivity index (χ0v) is 11.6. The van der Waals surface area contributed by atoms with Crippen LogP contribution >= 0.6 is 0 Å². The Morgan fingerprint density at radius 1 is 1.00 bits per heavy atom. The van der Waals surface area contributed by atoms with Gasteiger partial charge in [0.15, 0.2) is 0 Å². The van der Waals surface area contributed by atoms with E-state index >= 15 is 0 Å². The quantitative estimate of drug-likeness (QED) is 0.530. The zero-order chi connectivity index (χ0) is 12.0. The monoisotopic (exact) mass is 198 g/mol. The third-order valence-electron chi connectivity index (χ3n) is 1.79. The molecule has 0 atom stereocenters. The van der Waals surface area contributed by atoms with Crippen LogP contribution in [0.2, 0.25) is 0 Å². The summed E-state index contributed by atoms with van der Waals surface area (Å²) in [6.45, 7) is 21.6. The van der Waals surface area contributed by atoms with Gasteiger partial charge in [-0.15, -0.1) is 6.58 Å². The lowest BCUT2D eigenvalue weighted by atomic mass is 9.73. The van der Waals surface area contributed by atoms with Crippen molar-refractivity contribution in [3.05, 3.63) is 12.2 Å². The number of allylic oxidation sites excluding steroid dienone is 1. The normalized spacial score (nSPS) is 11.7. The topological polar surface area (TPSA) is 0 Å². The molecule has 86 valence electrons. The molecule has 0 fully saturated rings. The molecule has 0 amide bonds. The fourth-order valence-electron chi connectivity index (χ4n) is 2.32. The van der Waals surface area contributed by atoms with Crippen LogP contribution in [-0.4, -0.2) is 0 Å². The fraction of sp³-hybridized carbons (Fsp3) is 0.857. The summed E-state index contributed by atoms with van der Waals surface area (Å²) in [6.07, 6.45) is 2.40. The molecule has 0 aliphatic heterocycles. The Balaban J connectivity index is 0. The Morgan fingerprint density at radius 2 is 1.36 bits per heavy atom. The Bertz CT molecular complexity index is 155. The van der Waals surface area contributed by atoms with Crippen molar-refractivity contribution in [3.63, 3.8) is 0 Å². The van der Waals surface area contributed by atoms with E-state index in [1.165, 1.54) is 12.0 Å². The maximum absolute atomic E-state index is 3.97. The molecule has 0 saturated carbocycles. The predicted octanol–water partition coefficient (Wildman–Crippen LogP) is 5.44. The van der Waals surface area contributed by atoms with E-state index in [1.807, 2.05) is 13.8 Å². The first-order chi connectivity index (χ1) is 6.12. The number of rotatable bonds is 3. The molecular formula is C14H30. The third kappa shape index (κ3) is 11.7. The first-order valence-electron chi connectivity index (χ1n) is 5.77. The maximum Gasteiger partial charge on any atom is -0.0274 e. The van der Waals surface area contributed by atoms with Crippen LogP contribution < -0.4 is 0 Å². The van der Waals surface area contributed by atoms with Crippen LogP contribution in [0.25, 0.3) is 0 Å². The number of hydrogen-bond donors (Lipinski definition) is 0. The summed E-state index contributed by atoms with van der Waals surface area (Å²) in [5, 5.41) is 0. The molecule has 0 aliphatic carbocycles. The van der Waals surface area contributed by atoms with Crippen LogP contribution in [0.15, 0.2) is 12.2 Å². The van der Waals surface area contributed by atoms with Crippen molar-refractivity contribution in [2.75, 3.05) is 0 Å². The van der Waals surface area contributed by atoms with E-state index < -0.39 is 0 Å². The van der Waals surface area contributed by atoms with Crippen LogP contribution in [0.4, 0.5) is 0 Å². The summed E-state index contributed by atoms with van der Waals surface area (Å²) >= 11 is 0. The van der Waals surface area contributed by atoms with Crippen molar-refractivity contribution in [2.24, 2.45) is 10.8 Å². The van der Waals surface area contributed by atoms with Crippen molar-refractivity contribution in [1.29, 1.82) is 0 Å². The number of hydrogen-bond acceptors (Lipinski definition) is 0. The summed E-state index contributed by atoms with van der Waals surface area (Å²) in [5.41, 5.74) is 2.13. The Morgan fingerprint density at radius 3 is 1.57 bits per heavy atom. The second-order valence-electron chi connectivity index (χ2n) is 6.04. The van der Waals surface area contributed by atoms with Crippen LogP contribution in [0.1, 0.15) is 68.2 Å². The molecule has 14 heavy (non-hydrogen) atoms. The second kappa shape index (κ2) is 6.27. The fourth-order valence-corrected chi connectivity index (χ4v) is 2.32. The molecule has 0 aromatic heterocycles. The van der Waals surface area contributed by atoms with Crippen LogP contribution in [0.5, 0.6) is 0 Å². The molecule has 0 heteroatoms. The second-order valence-corrected chi connectivity index (χ2v) is 6.04. The van der Waals surface area contributed by atoms with Crippen LogP contribution in [0.3, 0.4) is 0 Å². The first-order valence-corrected chi connectivity index (χ1v) is 5.77. The highest BCUT2D eigenvalue weighted by molar-refractivity contribution is 4.94. The molecular weight excluding hydrogens is 168 g/mol. The lowest BCUT2D eigenvalue weighted by molar-refractivity contribution is 0.211. The molecule has 0 aromatic rings. The van der Waals surface area contributed by atoms with Crippen molar-refractivity contribution in [2.45, 2.75) is 68.2 Å². The molecule has 0 bridgehead atoms. The third-order valence-corrected chi connectivity index (χ3v) is 1.79. The molecule has 0 radical (unpaired) electrons. The van der Waals surface area contributed by atoms with Crippen molar-refractivity contribution < 1.29 is 0 Å². The van der Waals surface area contributed by atoms with Crippen LogP contribution in [0, 0.1) is 10.8 Å². The van der Waals surface area contributed by atoms with E-state index in [1.54, 1.807) is 0 Å². The van der Waals surface area contributed by atoms with Gasteiger partial charge in [0.1, 0.15) is 0 Å². The summed E-state index contributed by atoms with van der Waals surface area (Å²) in [7, 11) is 0. The van der Waals surface area contributed by atoms with E-state index in [4.69, 9.17) is 0 Å². The summed E-state index contributed by atoms with van der Waals surface area (Å²) in [6, 6.07) is 0. The average molecular weight is 198 g/mol. The minimum absolute atomic E-state index is 0.407. The highest BCUT2D eigenvalue weighted by Crippen LogP contribution is 2.37. The molecule has 0 aromatic carbocycles. The van der Waals surface area contributed by atoms with Gasteiger partial charge in [-0.2, -0.15) is 0 Å². The van der Waals surface area contributed by atoms with E-state index in [9.17, 15) is 0 Å². The van der Waals surface area contributed by atoms with Crippen molar-refractivity contribution >= 4 is 0 Å². The van der Waals surface area contributed by atoms with Gasteiger partial charge < -0.3 is 0 Å². The minimum Gasteiger partial charge on any atom is -0.100 e. The molecule has 0 nitrogen and oxygen atoms in total. The molecule has 0 rings (SSSR count).